The molecule has 0 saturated carbocycles. The largest absolute Gasteiger partial charge is 0.240 e. The molecule has 1 aromatic carbocycles. The first kappa shape index (κ1) is 15.7. The summed E-state index contributed by atoms with van der Waals surface area (Å²) in [5.74, 6) is 0. The molecule has 0 spiro atoms. The van der Waals surface area contributed by atoms with Crippen LogP contribution in [0.1, 0.15) is 30.4 Å². The molecule has 1 rings (SSSR count). The van der Waals surface area contributed by atoms with Gasteiger partial charge in [-0.2, -0.15) is 0 Å². The number of sulfonamides is 1. The molecule has 0 aliphatic carbocycles. The van der Waals surface area contributed by atoms with Crippen molar-refractivity contribution in [1.29, 1.82) is 0 Å². The Labute approximate surface area is 118 Å². The van der Waals surface area contributed by atoms with E-state index >= 15 is 0 Å². The van der Waals surface area contributed by atoms with Crippen LogP contribution in [0, 0.1) is 13.8 Å². The van der Waals surface area contributed by atoms with Crippen molar-refractivity contribution in [2.45, 2.75) is 38.0 Å². The van der Waals surface area contributed by atoms with Gasteiger partial charge in [-0.15, -0.1) is 0 Å². The summed E-state index contributed by atoms with van der Waals surface area (Å²) in [7, 11) is -3.36. The second kappa shape index (κ2) is 7.26. The number of rotatable bonds is 7. The zero-order valence-corrected chi connectivity index (χ0v) is 13.3. The molecule has 18 heavy (non-hydrogen) atoms. The van der Waals surface area contributed by atoms with E-state index < -0.39 is 10.0 Å². The van der Waals surface area contributed by atoms with E-state index in [1.54, 1.807) is 6.07 Å². The molecular formula is C13H20BrNO2S. The van der Waals surface area contributed by atoms with Gasteiger partial charge in [0.2, 0.25) is 10.0 Å². The highest BCUT2D eigenvalue weighted by Gasteiger charge is 2.15. The summed E-state index contributed by atoms with van der Waals surface area (Å²) in [6.07, 6.45) is 2.97. The van der Waals surface area contributed by atoms with Gasteiger partial charge in [0, 0.05) is 11.9 Å². The summed E-state index contributed by atoms with van der Waals surface area (Å²) in [5.41, 5.74) is 1.87. The second-order valence-electron chi connectivity index (χ2n) is 4.42. The molecule has 1 aromatic rings. The van der Waals surface area contributed by atoms with Crippen molar-refractivity contribution in [3.05, 3.63) is 29.3 Å². The number of nitrogens with one attached hydrogen (secondary N) is 1. The van der Waals surface area contributed by atoms with Crippen molar-refractivity contribution in [2.75, 3.05) is 11.9 Å². The molecule has 0 aliphatic rings. The van der Waals surface area contributed by atoms with E-state index in [0.29, 0.717) is 11.4 Å². The van der Waals surface area contributed by atoms with Crippen LogP contribution in [0.2, 0.25) is 0 Å². The SMILES string of the molecule is Cc1ccc(S(=O)(=O)NCCCCCBr)c(C)c1. The number of benzene rings is 1. The molecule has 0 bridgehead atoms. The molecule has 102 valence electrons. The molecule has 0 heterocycles. The van der Waals surface area contributed by atoms with Gasteiger partial charge in [0.1, 0.15) is 0 Å². The molecule has 5 heteroatoms. The van der Waals surface area contributed by atoms with E-state index in [4.69, 9.17) is 0 Å². The fourth-order valence-corrected chi connectivity index (χ4v) is 3.48. The Hall–Kier alpha value is -0.390. The van der Waals surface area contributed by atoms with Crippen molar-refractivity contribution >= 4 is 26.0 Å². The van der Waals surface area contributed by atoms with Gasteiger partial charge < -0.3 is 0 Å². The number of unbranched alkanes of at least 4 members (excludes halogenated alkanes) is 2. The number of alkyl halides is 1. The maximum atomic E-state index is 12.1. The van der Waals surface area contributed by atoms with E-state index in [1.807, 2.05) is 26.0 Å². The Bertz CT molecular complexity index is 486. The summed E-state index contributed by atoms with van der Waals surface area (Å²) < 4.78 is 26.8. The van der Waals surface area contributed by atoms with Gasteiger partial charge in [-0.05, 0) is 38.3 Å². The third kappa shape index (κ3) is 4.71. The normalized spacial score (nSPS) is 11.7. The van der Waals surface area contributed by atoms with Gasteiger partial charge in [-0.1, -0.05) is 40.0 Å². The first-order valence-electron chi connectivity index (χ1n) is 6.10. The third-order valence-electron chi connectivity index (χ3n) is 2.72. The Morgan fingerprint density at radius 3 is 2.50 bits per heavy atom. The van der Waals surface area contributed by atoms with Gasteiger partial charge in [-0.25, -0.2) is 13.1 Å². The van der Waals surface area contributed by atoms with E-state index in [-0.39, 0.29) is 0 Å². The van der Waals surface area contributed by atoms with Crippen LogP contribution in [0.15, 0.2) is 23.1 Å². The standard InChI is InChI=1S/C13H20BrNO2S/c1-11-6-7-13(12(2)10-11)18(16,17)15-9-5-3-4-8-14/h6-7,10,15H,3-5,8-9H2,1-2H3. The molecular weight excluding hydrogens is 314 g/mol. The van der Waals surface area contributed by atoms with E-state index in [1.165, 1.54) is 0 Å². The Morgan fingerprint density at radius 1 is 1.17 bits per heavy atom. The van der Waals surface area contributed by atoms with Gasteiger partial charge >= 0.3 is 0 Å². The minimum absolute atomic E-state index is 0.383. The summed E-state index contributed by atoms with van der Waals surface area (Å²) in [6, 6.07) is 5.39. The summed E-state index contributed by atoms with van der Waals surface area (Å²) in [4.78, 5) is 0.383. The van der Waals surface area contributed by atoms with Crippen LogP contribution in [0.5, 0.6) is 0 Å². The van der Waals surface area contributed by atoms with Crippen LogP contribution in [0.4, 0.5) is 0 Å². The van der Waals surface area contributed by atoms with Crippen molar-refractivity contribution in [2.24, 2.45) is 0 Å². The molecule has 0 atom stereocenters. The maximum absolute atomic E-state index is 12.1. The minimum atomic E-state index is -3.36. The lowest BCUT2D eigenvalue weighted by Gasteiger charge is -2.09. The number of hydrogen-bond donors (Lipinski definition) is 1. The molecule has 0 aliphatic heterocycles. The highest BCUT2D eigenvalue weighted by atomic mass is 79.9. The van der Waals surface area contributed by atoms with Crippen LogP contribution in [-0.4, -0.2) is 20.3 Å². The average Bonchev–Trinajstić information content (AvgIpc) is 2.28. The molecule has 0 unspecified atom stereocenters. The van der Waals surface area contributed by atoms with Crippen LogP contribution < -0.4 is 4.72 Å². The van der Waals surface area contributed by atoms with Crippen LogP contribution in [-0.2, 0) is 10.0 Å². The summed E-state index contributed by atoms with van der Waals surface area (Å²) in [6.45, 7) is 4.28. The zero-order chi connectivity index (χ0) is 13.6. The zero-order valence-electron chi connectivity index (χ0n) is 10.9. The lowest BCUT2D eigenvalue weighted by atomic mass is 10.2. The first-order valence-corrected chi connectivity index (χ1v) is 8.71. The molecule has 1 N–H and O–H groups in total. The van der Waals surface area contributed by atoms with E-state index in [2.05, 4.69) is 20.7 Å². The molecule has 0 saturated heterocycles. The first-order chi connectivity index (χ1) is 8.47. The van der Waals surface area contributed by atoms with Crippen molar-refractivity contribution < 1.29 is 8.42 Å². The van der Waals surface area contributed by atoms with Gasteiger partial charge in [-0.3, -0.25) is 0 Å². The Kier molecular flexibility index (Phi) is 6.32. The quantitative estimate of drug-likeness (QED) is 0.615. The van der Waals surface area contributed by atoms with Gasteiger partial charge in [0.25, 0.3) is 0 Å². The highest BCUT2D eigenvalue weighted by molar-refractivity contribution is 9.09. The van der Waals surface area contributed by atoms with E-state index in [9.17, 15) is 8.42 Å². The fraction of sp³-hybridized carbons (Fsp3) is 0.538. The maximum Gasteiger partial charge on any atom is 0.240 e. The molecule has 3 nitrogen and oxygen atoms in total. The lowest BCUT2D eigenvalue weighted by molar-refractivity contribution is 0.575. The molecule has 0 radical (unpaired) electrons. The number of aryl methyl sites for hydroxylation is 2. The lowest BCUT2D eigenvalue weighted by Crippen LogP contribution is -2.25. The summed E-state index contributed by atoms with van der Waals surface area (Å²) >= 11 is 3.36. The van der Waals surface area contributed by atoms with Crippen LogP contribution in [0.3, 0.4) is 0 Å². The van der Waals surface area contributed by atoms with Crippen LogP contribution >= 0.6 is 15.9 Å². The smallest absolute Gasteiger partial charge is 0.211 e. The van der Waals surface area contributed by atoms with Gasteiger partial charge in [0.05, 0.1) is 4.90 Å². The predicted octanol–water partition coefficient (Wildman–Crippen LogP) is 3.15. The monoisotopic (exact) mass is 333 g/mol. The van der Waals surface area contributed by atoms with Crippen LogP contribution in [0.25, 0.3) is 0 Å². The minimum Gasteiger partial charge on any atom is -0.211 e. The van der Waals surface area contributed by atoms with Crippen molar-refractivity contribution in [1.82, 2.24) is 4.72 Å². The van der Waals surface area contributed by atoms with Crippen molar-refractivity contribution in [3.63, 3.8) is 0 Å². The van der Waals surface area contributed by atoms with Crippen molar-refractivity contribution in [3.8, 4) is 0 Å². The van der Waals surface area contributed by atoms with Gasteiger partial charge in [0.15, 0.2) is 0 Å². The fourth-order valence-electron chi connectivity index (χ4n) is 1.78. The molecule has 0 aromatic heterocycles. The van der Waals surface area contributed by atoms with E-state index in [0.717, 1.165) is 35.7 Å². The Morgan fingerprint density at radius 2 is 1.89 bits per heavy atom. The predicted molar refractivity (Wildman–Crippen MR) is 78.7 cm³/mol. The molecule has 0 amide bonds. The topological polar surface area (TPSA) is 46.2 Å². The highest BCUT2D eigenvalue weighted by Crippen LogP contribution is 2.16. The third-order valence-corrected chi connectivity index (χ3v) is 4.90. The average molecular weight is 334 g/mol. The number of halogens is 1. The Balaban J connectivity index is 2.63. The number of hydrogen-bond acceptors (Lipinski definition) is 2. The molecule has 0 fully saturated rings. The second-order valence-corrected chi connectivity index (χ2v) is 6.94. The summed E-state index contributed by atoms with van der Waals surface area (Å²) in [5, 5.41) is 0.969.